The number of esters is 1. The minimum absolute atomic E-state index is 0.170. The molecule has 0 aliphatic heterocycles. The number of aryl methyl sites for hydroxylation is 1. The van der Waals surface area contributed by atoms with E-state index in [0.717, 1.165) is 5.56 Å². The summed E-state index contributed by atoms with van der Waals surface area (Å²) in [4.78, 5) is 11.0. The minimum Gasteiger partial charge on any atom is -0.496 e. The van der Waals surface area contributed by atoms with Crippen molar-refractivity contribution in [1.82, 2.24) is 0 Å². The van der Waals surface area contributed by atoms with Gasteiger partial charge in [-0.1, -0.05) is 17.7 Å². The first-order valence-corrected chi connectivity index (χ1v) is 8.28. The zero-order valence-corrected chi connectivity index (χ0v) is 13.3. The molecule has 1 atom stereocenters. The number of ether oxygens (including phenoxy) is 2. The van der Waals surface area contributed by atoms with E-state index in [-0.39, 0.29) is 17.9 Å². The summed E-state index contributed by atoms with van der Waals surface area (Å²) in [5.41, 5.74) is 7.59. The van der Waals surface area contributed by atoms with E-state index in [0.29, 0.717) is 11.3 Å². The van der Waals surface area contributed by atoms with Gasteiger partial charge in [0.25, 0.3) is 0 Å². The predicted octanol–water partition coefficient (Wildman–Crippen LogP) is 0.981. The Morgan fingerprint density at radius 2 is 2.00 bits per heavy atom. The van der Waals surface area contributed by atoms with Crippen molar-refractivity contribution in [3.8, 4) is 5.75 Å². The molecule has 1 rings (SSSR count). The Morgan fingerprint density at radius 1 is 1.33 bits per heavy atom. The van der Waals surface area contributed by atoms with Gasteiger partial charge < -0.3 is 15.2 Å². The average molecular weight is 315 g/mol. The molecular formula is C14H21NO5S. The summed E-state index contributed by atoms with van der Waals surface area (Å²) in [6.45, 7) is 1.89. The van der Waals surface area contributed by atoms with Crippen LogP contribution in [0.4, 0.5) is 0 Å². The molecule has 7 heteroatoms. The lowest BCUT2D eigenvalue weighted by molar-refractivity contribution is -0.140. The number of benzene rings is 1. The maximum atomic E-state index is 12.0. The second-order valence-corrected chi connectivity index (χ2v) is 7.02. The van der Waals surface area contributed by atoms with E-state index in [9.17, 15) is 13.2 Å². The van der Waals surface area contributed by atoms with Crippen molar-refractivity contribution in [3.05, 3.63) is 29.3 Å². The van der Waals surface area contributed by atoms with Gasteiger partial charge in [0.2, 0.25) is 0 Å². The van der Waals surface area contributed by atoms with Crippen molar-refractivity contribution in [2.45, 2.75) is 19.4 Å². The van der Waals surface area contributed by atoms with E-state index in [1.54, 1.807) is 12.1 Å². The summed E-state index contributed by atoms with van der Waals surface area (Å²) in [6.07, 6.45) is -0.170. The standard InChI is InChI=1S/C14H21NO5S/c1-10-4-5-13(19-2)11(8-10)12(15)9-21(17,18)7-6-14(16)20-3/h4-5,8,12H,6-7,9,15H2,1-3H3. The highest BCUT2D eigenvalue weighted by Gasteiger charge is 2.21. The van der Waals surface area contributed by atoms with Gasteiger partial charge in [0.15, 0.2) is 9.84 Å². The number of hydrogen-bond donors (Lipinski definition) is 1. The number of rotatable bonds is 7. The van der Waals surface area contributed by atoms with Crippen LogP contribution in [0.3, 0.4) is 0 Å². The molecule has 0 spiro atoms. The van der Waals surface area contributed by atoms with Crippen molar-refractivity contribution in [2.24, 2.45) is 5.73 Å². The van der Waals surface area contributed by atoms with E-state index >= 15 is 0 Å². The summed E-state index contributed by atoms with van der Waals surface area (Å²) < 4.78 is 33.6. The number of nitrogens with two attached hydrogens (primary N) is 1. The lowest BCUT2D eigenvalue weighted by Gasteiger charge is -2.16. The topological polar surface area (TPSA) is 95.7 Å². The molecule has 0 amide bonds. The monoisotopic (exact) mass is 315 g/mol. The lowest BCUT2D eigenvalue weighted by Crippen LogP contribution is -2.25. The first kappa shape index (κ1) is 17.5. The van der Waals surface area contributed by atoms with Crippen LogP contribution in [-0.2, 0) is 19.4 Å². The van der Waals surface area contributed by atoms with Crippen molar-refractivity contribution >= 4 is 15.8 Å². The smallest absolute Gasteiger partial charge is 0.306 e. The van der Waals surface area contributed by atoms with Gasteiger partial charge in [0.05, 0.1) is 32.1 Å². The fourth-order valence-corrected chi connectivity index (χ4v) is 3.30. The van der Waals surface area contributed by atoms with Gasteiger partial charge in [-0.25, -0.2) is 8.42 Å². The van der Waals surface area contributed by atoms with Crippen molar-refractivity contribution < 1.29 is 22.7 Å². The average Bonchev–Trinajstić information content (AvgIpc) is 2.44. The molecule has 0 radical (unpaired) electrons. The van der Waals surface area contributed by atoms with Crippen LogP contribution < -0.4 is 10.5 Å². The number of carbonyl (C=O) groups excluding carboxylic acids is 1. The number of methoxy groups -OCH3 is 2. The molecule has 118 valence electrons. The van der Waals surface area contributed by atoms with Crippen LogP contribution in [0.15, 0.2) is 18.2 Å². The number of sulfone groups is 1. The van der Waals surface area contributed by atoms with Crippen molar-refractivity contribution in [1.29, 1.82) is 0 Å². The number of hydrogen-bond acceptors (Lipinski definition) is 6. The largest absolute Gasteiger partial charge is 0.496 e. The molecular weight excluding hydrogens is 294 g/mol. The Balaban J connectivity index is 2.82. The maximum Gasteiger partial charge on any atom is 0.306 e. The molecule has 0 saturated carbocycles. The van der Waals surface area contributed by atoms with E-state index in [1.807, 2.05) is 13.0 Å². The SMILES string of the molecule is COC(=O)CCS(=O)(=O)CC(N)c1cc(C)ccc1OC. The number of carbonyl (C=O) groups is 1. The molecule has 0 aliphatic carbocycles. The van der Waals surface area contributed by atoms with Gasteiger partial charge in [0.1, 0.15) is 5.75 Å². The van der Waals surface area contributed by atoms with Crippen LogP contribution in [0.2, 0.25) is 0 Å². The Kier molecular flexibility index (Phi) is 6.17. The molecule has 1 aromatic rings. The highest BCUT2D eigenvalue weighted by Crippen LogP contribution is 2.26. The normalized spacial score (nSPS) is 12.8. The molecule has 6 nitrogen and oxygen atoms in total. The molecule has 0 heterocycles. The second-order valence-electron chi connectivity index (χ2n) is 4.79. The first-order chi connectivity index (χ1) is 9.79. The Morgan fingerprint density at radius 3 is 2.57 bits per heavy atom. The lowest BCUT2D eigenvalue weighted by atomic mass is 10.1. The third-order valence-electron chi connectivity index (χ3n) is 3.06. The van der Waals surface area contributed by atoms with E-state index < -0.39 is 21.8 Å². The van der Waals surface area contributed by atoms with Gasteiger partial charge in [0, 0.05) is 11.6 Å². The fraction of sp³-hybridized carbons (Fsp3) is 0.500. The molecule has 0 bridgehead atoms. The highest BCUT2D eigenvalue weighted by atomic mass is 32.2. The van der Waals surface area contributed by atoms with Gasteiger partial charge in [-0.05, 0) is 13.0 Å². The molecule has 0 aromatic heterocycles. The van der Waals surface area contributed by atoms with E-state index in [4.69, 9.17) is 10.5 Å². The Bertz CT molecular complexity index is 597. The second kappa shape index (κ2) is 7.42. The summed E-state index contributed by atoms with van der Waals surface area (Å²) in [5.74, 6) is -0.526. The van der Waals surface area contributed by atoms with Crippen LogP contribution in [0.1, 0.15) is 23.6 Å². The molecule has 2 N–H and O–H groups in total. The minimum atomic E-state index is -3.45. The van der Waals surface area contributed by atoms with E-state index in [2.05, 4.69) is 4.74 Å². The Hall–Kier alpha value is -1.60. The summed E-state index contributed by atoms with van der Waals surface area (Å²) in [6, 6.07) is 4.72. The van der Waals surface area contributed by atoms with Crippen LogP contribution in [0, 0.1) is 6.92 Å². The predicted molar refractivity (Wildman–Crippen MR) is 79.9 cm³/mol. The van der Waals surface area contributed by atoms with Gasteiger partial charge in [-0.2, -0.15) is 0 Å². The van der Waals surface area contributed by atoms with Crippen LogP contribution in [-0.4, -0.2) is 40.1 Å². The maximum absolute atomic E-state index is 12.0. The zero-order chi connectivity index (χ0) is 16.0. The summed E-state index contributed by atoms with van der Waals surface area (Å²) in [7, 11) is -0.726. The molecule has 1 unspecified atom stereocenters. The zero-order valence-electron chi connectivity index (χ0n) is 12.5. The molecule has 0 saturated heterocycles. The highest BCUT2D eigenvalue weighted by molar-refractivity contribution is 7.91. The van der Waals surface area contributed by atoms with E-state index in [1.165, 1.54) is 14.2 Å². The van der Waals surface area contributed by atoms with Crippen molar-refractivity contribution in [3.63, 3.8) is 0 Å². The van der Waals surface area contributed by atoms with Crippen molar-refractivity contribution in [2.75, 3.05) is 25.7 Å². The first-order valence-electron chi connectivity index (χ1n) is 6.46. The third-order valence-corrected chi connectivity index (χ3v) is 4.76. The third kappa shape index (κ3) is 5.35. The van der Waals surface area contributed by atoms with Crippen LogP contribution >= 0.6 is 0 Å². The molecule has 0 aliphatic rings. The molecule has 21 heavy (non-hydrogen) atoms. The van der Waals surface area contributed by atoms with Gasteiger partial charge in [-0.15, -0.1) is 0 Å². The quantitative estimate of drug-likeness (QED) is 0.754. The molecule has 1 aromatic carbocycles. The van der Waals surface area contributed by atoms with Crippen LogP contribution in [0.25, 0.3) is 0 Å². The summed E-state index contributed by atoms with van der Waals surface area (Å²) >= 11 is 0. The summed E-state index contributed by atoms with van der Waals surface area (Å²) in [5, 5.41) is 0. The fourth-order valence-electron chi connectivity index (χ4n) is 1.93. The van der Waals surface area contributed by atoms with Gasteiger partial charge >= 0.3 is 5.97 Å². The molecule has 0 fully saturated rings. The Labute approximate surface area is 125 Å². The van der Waals surface area contributed by atoms with Gasteiger partial charge in [-0.3, -0.25) is 4.79 Å². The van der Waals surface area contributed by atoms with Crippen LogP contribution in [0.5, 0.6) is 5.75 Å².